The molecule has 5 rings (SSSR count). The fraction of sp³-hybridized carbons (Fsp3) is 0.270. The van der Waals surface area contributed by atoms with Crippen molar-refractivity contribution in [2.75, 3.05) is 25.5 Å². The van der Waals surface area contributed by atoms with E-state index in [-0.39, 0.29) is 11.8 Å². The molecule has 0 aliphatic carbocycles. The number of nitrogens with one attached hydrogen (secondary N) is 1. The Labute approximate surface area is 255 Å². The molecule has 0 aromatic heterocycles. The first kappa shape index (κ1) is 29.9. The minimum absolute atomic E-state index is 0.00406. The average molecular weight is 573 g/mol. The molecule has 4 aromatic rings. The third kappa shape index (κ3) is 7.27. The Kier molecular flexibility index (Phi) is 9.80. The molecule has 43 heavy (non-hydrogen) atoms. The van der Waals surface area contributed by atoms with Crippen LogP contribution in [0.15, 0.2) is 108 Å². The largest absolute Gasteiger partial charge is 0.339 e. The van der Waals surface area contributed by atoms with Gasteiger partial charge in [0.25, 0.3) is 5.91 Å². The number of amides is 2. The molecular formula is C37H40N4O2. The summed E-state index contributed by atoms with van der Waals surface area (Å²) in [5.41, 5.74) is 6.89. The molecule has 4 aromatic carbocycles. The van der Waals surface area contributed by atoms with Crippen LogP contribution in [0.4, 0.5) is 11.4 Å². The molecule has 0 saturated carbocycles. The zero-order valence-corrected chi connectivity index (χ0v) is 25.3. The van der Waals surface area contributed by atoms with Crippen LogP contribution in [0.3, 0.4) is 0 Å². The van der Waals surface area contributed by atoms with Crippen LogP contribution in [0.2, 0.25) is 0 Å². The third-order valence-corrected chi connectivity index (χ3v) is 7.68. The summed E-state index contributed by atoms with van der Waals surface area (Å²) in [6, 6.07) is 34.0. The van der Waals surface area contributed by atoms with Gasteiger partial charge in [0, 0.05) is 37.4 Å². The Hall–Kier alpha value is -4.55. The lowest BCUT2D eigenvalue weighted by molar-refractivity contribution is -0.115. The van der Waals surface area contributed by atoms with Crippen molar-refractivity contribution in [3.8, 4) is 0 Å². The van der Waals surface area contributed by atoms with E-state index in [1.807, 2.05) is 71.6 Å². The number of anilines is 1. The van der Waals surface area contributed by atoms with Crippen molar-refractivity contribution in [1.82, 2.24) is 9.80 Å². The van der Waals surface area contributed by atoms with E-state index in [1.54, 1.807) is 0 Å². The molecule has 0 bridgehead atoms. The highest BCUT2D eigenvalue weighted by Gasteiger charge is 2.36. The number of carbonyl (C=O) groups excluding carboxylic acids is 2. The minimum Gasteiger partial charge on any atom is -0.339 e. The topological polar surface area (TPSA) is 65.0 Å². The molecule has 6 heteroatoms. The molecule has 1 aliphatic heterocycles. The lowest BCUT2D eigenvalue weighted by atomic mass is 9.89. The highest BCUT2D eigenvalue weighted by molar-refractivity contribution is 6.24. The van der Waals surface area contributed by atoms with Gasteiger partial charge in [-0.05, 0) is 72.5 Å². The Bertz CT molecular complexity index is 1560. The third-order valence-electron chi connectivity index (χ3n) is 7.68. The van der Waals surface area contributed by atoms with Gasteiger partial charge in [-0.2, -0.15) is 0 Å². The Morgan fingerprint density at radius 3 is 2.00 bits per heavy atom. The van der Waals surface area contributed by atoms with E-state index in [4.69, 9.17) is 4.99 Å². The van der Waals surface area contributed by atoms with Crippen molar-refractivity contribution in [2.24, 2.45) is 4.99 Å². The average Bonchev–Trinajstić information content (AvgIpc) is 3.35. The van der Waals surface area contributed by atoms with Crippen LogP contribution in [-0.2, 0) is 17.9 Å². The molecule has 0 saturated heterocycles. The van der Waals surface area contributed by atoms with Crippen LogP contribution in [0.25, 0.3) is 0 Å². The SMILES string of the molecule is CCCN(CCC)C(=O)c1ccc2c(c1)C(C(=Nc1ccc(CN(C)Cc3ccccc3)cc1)c1ccccc1)C(=O)N2. The van der Waals surface area contributed by atoms with Gasteiger partial charge in [-0.15, -0.1) is 0 Å². The highest BCUT2D eigenvalue weighted by atomic mass is 16.2. The van der Waals surface area contributed by atoms with Gasteiger partial charge in [-0.1, -0.05) is 86.6 Å². The molecule has 1 heterocycles. The summed E-state index contributed by atoms with van der Waals surface area (Å²) >= 11 is 0. The number of benzene rings is 4. The number of nitrogens with zero attached hydrogens (tertiary/aromatic N) is 3. The molecular weight excluding hydrogens is 532 g/mol. The molecule has 6 nitrogen and oxygen atoms in total. The standard InChI is InChI=1S/C37H40N4O2/c1-4-22-41(23-5-2)37(43)30-18-21-33-32(24-30)34(36(42)39-33)35(29-14-10-7-11-15-29)38-31-19-16-28(17-20-31)26-40(3)25-27-12-8-6-9-13-27/h6-21,24,34H,4-5,22-23,25-26H2,1-3H3,(H,39,42). The van der Waals surface area contributed by atoms with E-state index in [1.165, 1.54) is 11.1 Å². The number of hydrogen-bond acceptors (Lipinski definition) is 4. The first-order valence-electron chi connectivity index (χ1n) is 15.2. The maximum atomic E-state index is 13.5. The van der Waals surface area contributed by atoms with Gasteiger partial charge in [-0.25, -0.2) is 0 Å². The zero-order chi connectivity index (χ0) is 30.2. The molecule has 2 amide bonds. The van der Waals surface area contributed by atoms with E-state index in [2.05, 4.69) is 67.5 Å². The van der Waals surface area contributed by atoms with Crippen molar-refractivity contribution in [1.29, 1.82) is 0 Å². The number of hydrogen-bond donors (Lipinski definition) is 1. The fourth-order valence-electron chi connectivity index (χ4n) is 5.69. The maximum Gasteiger partial charge on any atom is 0.253 e. The summed E-state index contributed by atoms with van der Waals surface area (Å²) in [7, 11) is 2.12. The predicted octanol–water partition coefficient (Wildman–Crippen LogP) is 7.44. The van der Waals surface area contributed by atoms with Gasteiger partial charge in [0.2, 0.25) is 5.91 Å². The summed E-state index contributed by atoms with van der Waals surface area (Å²) in [6.07, 6.45) is 1.79. The van der Waals surface area contributed by atoms with Gasteiger partial charge < -0.3 is 10.2 Å². The summed E-state index contributed by atoms with van der Waals surface area (Å²) < 4.78 is 0. The van der Waals surface area contributed by atoms with Crippen molar-refractivity contribution in [2.45, 2.75) is 45.7 Å². The van der Waals surface area contributed by atoms with Gasteiger partial charge in [0.05, 0.1) is 11.4 Å². The van der Waals surface area contributed by atoms with Gasteiger partial charge in [0.15, 0.2) is 0 Å². The first-order valence-corrected chi connectivity index (χ1v) is 15.2. The smallest absolute Gasteiger partial charge is 0.253 e. The molecule has 0 spiro atoms. The van der Waals surface area contributed by atoms with Crippen molar-refractivity contribution >= 4 is 28.9 Å². The van der Waals surface area contributed by atoms with E-state index >= 15 is 0 Å². The lowest BCUT2D eigenvalue weighted by Gasteiger charge is -2.22. The summed E-state index contributed by atoms with van der Waals surface area (Å²) in [6.45, 7) is 7.25. The van der Waals surface area contributed by atoms with Gasteiger partial charge in [-0.3, -0.25) is 19.5 Å². The van der Waals surface area contributed by atoms with E-state index in [9.17, 15) is 9.59 Å². The van der Waals surface area contributed by atoms with E-state index < -0.39 is 5.92 Å². The van der Waals surface area contributed by atoms with E-state index in [0.29, 0.717) is 24.4 Å². The Morgan fingerprint density at radius 1 is 0.767 bits per heavy atom. The second-order valence-electron chi connectivity index (χ2n) is 11.2. The van der Waals surface area contributed by atoms with Crippen LogP contribution in [0.1, 0.15) is 65.2 Å². The number of rotatable bonds is 12. The van der Waals surface area contributed by atoms with Gasteiger partial charge in [0.1, 0.15) is 5.92 Å². The van der Waals surface area contributed by atoms with Gasteiger partial charge >= 0.3 is 0 Å². The lowest BCUT2D eigenvalue weighted by Crippen LogP contribution is -2.32. The maximum absolute atomic E-state index is 13.5. The number of carbonyl (C=O) groups is 2. The Morgan fingerprint density at radius 2 is 1.37 bits per heavy atom. The van der Waals surface area contributed by atoms with E-state index in [0.717, 1.165) is 48.4 Å². The second kappa shape index (κ2) is 14.1. The fourth-order valence-corrected chi connectivity index (χ4v) is 5.69. The normalized spacial score (nSPS) is 14.5. The second-order valence-corrected chi connectivity index (χ2v) is 11.2. The van der Waals surface area contributed by atoms with Crippen LogP contribution in [0.5, 0.6) is 0 Å². The predicted molar refractivity (Wildman–Crippen MR) is 175 cm³/mol. The molecule has 0 fully saturated rings. The Balaban J connectivity index is 1.44. The molecule has 1 unspecified atom stereocenters. The first-order chi connectivity index (χ1) is 21.0. The quantitative estimate of drug-likeness (QED) is 0.180. The highest BCUT2D eigenvalue weighted by Crippen LogP contribution is 2.37. The molecule has 0 radical (unpaired) electrons. The number of aliphatic imine (C=N–C) groups is 1. The summed E-state index contributed by atoms with van der Waals surface area (Å²) in [5.74, 6) is -0.774. The monoisotopic (exact) mass is 572 g/mol. The molecule has 1 atom stereocenters. The molecule has 220 valence electrons. The molecule has 1 aliphatic rings. The van der Waals surface area contributed by atoms with Crippen LogP contribution in [0, 0.1) is 0 Å². The summed E-state index contributed by atoms with van der Waals surface area (Å²) in [4.78, 5) is 36.2. The van der Waals surface area contributed by atoms with Crippen molar-refractivity contribution in [3.05, 3.63) is 131 Å². The van der Waals surface area contributed by atoms with Crippen LogP contribution in [-0.4, -0.2) is 47.5 Å². The number of fused-ring (bicyclic) bond motifs is 1. The minimum atomic E-state index is -0.632. The van der Waals surface area contributed by atoms with Crippen molar-refractivity contribution < 1.29 is 9.59 Å². The van der Waals surface area contributed by atoms with Crippen LogP contribution < -0.4 is 5.32 Å². The zero-order valence-electron chi connectivity index (χ0n) is 25.3. The van der Waals surface area contributed by atoms with Crippen LogP contribution >= 0.6 is 0 Å². The van der Waals surface area contributed by atoms with Crippen molar-refractivity contribution in [3.63, 3.8) is 0 Å². The summed E-state index contributed by atoms with van der Waals surface area (Å²) in [5, 5.41) is 3.03. The molecule has 1 N–H and O–H groups in total.